The van der Waals surface area contributed by atoms with Crippen LogP contribution in [0.2, 0.25) is 5.02 Å². The van der Waals surface area contributed by atoms with E-state index >= 15 is 0 Å². The fourth-order valence-electron chi connectivity index (χ4n) is 4.65. The highest BCUT2D eigenvalue weighted by Crippen LogP contribution is 2.42. The Morgan fingerprint density at radius 1 is 1.15 bits per heavy atom. The maximum absolute atomic E-state index is 14.0. The van der Waals surface area contributed by atoms with Gasteiger partial charge in [-0.15, -0.1) is 6.42 Å². The predicted octanol–water partition coefficient (Wildman–Crippen LogP) is 3.00. The van der Waals surface area contributed by atoms with E-state index in [1.807, 2.05) is 0 Å². The molecule has 7 nitrogen and oxygen atoms in total. The number of aromatic nitrogens is 3. The fraction of sp³-hybridized carbons (Fsp3) is 0.250. The number of carbonyl (C=O) groups excluding carboxylic acids is 2. The first kappa shape index (κ1) is 21.2. The van der Waals surface area contributed by atoms with Gasteiger partial charge >= 0.3 is 0 Å². The smallest absolute Gasteiger partial charge is 0.253 e. The molecule has 1 N–H and O–H groups in total. The van der Waals surface area contributed by atoms with Gasteiger partial charge < -0.3 is 9.80 Å². The molecule has 2 aliphatic heterocycles. The summed E-state index contributed by atoms with van der Waals surface area (Å²) in [5.41, 5.74) is 1.49. The van der Waals surface area contributed by atoms with Crippen LogP contribution in [-0.4, -0.2) is 63.2 Å². The van der Waals surface area contributed by atoms with Crippen molar-refractivity contribution < 1.29 is 14.0 Å². The lowest BCUT2D eigenvalue weighted by Gasteiger charge is -2.24. The van der Waals surface area contributed by atoms with Crippen molar-refractivity contribution in [3.63, 3.8) is 0 Å². The molecule has 0 aliphatic carbocycles. The number of hydrogen-bond acceptors (Lipinski definition) is 4. The molecule has 3 aromatic rings. The predicted molar refractivity (Wildman–Crippen MR) is 122 cm³/mol. The number of fused-ring (bicyclic) bond motifs is 2. The van der Waals surface area contributed by atoms with Crippen molar-refractivity contribution in [3.05, 3.63) is 64.4 Å². The number of amides is 2. The molecule has 0 saturated carbocycles. The summed E-state index contributed by atoms with van der Waals surface area (Å²) >= 11 is 5.77. The number of benzene rings is 2. The zero-order chi connectivity index (χ0) is 23.2. The maximum Gasteiger partial charge on any atom is 0.253 e. The Hall–Kier alpha value is -3.70. The van der Waals surface area contributed by atoms with Crippen LogP contribution in [0.5, 0.6) is 0 Å². The number of terminal acetylenes is 1. The molecule has 33 heavy (non-hydrogen) atoms. The number of likely N-dealkylation sites (tertiary alicyclic amines) is 2. The van der Waals surface area contributed by atoms with Gasteiger partial charge in [0.25, 0.3) is 5.91 Å². The number of nitrogens with one attached hydrogen (secondary N) is 1. The van der Waals surface area contributed by atoms with Gasteiger partial charge in [-0.3, -0.25) is 9.59 Å². The van der Waals surface area contributed by atoms with E-state index in [1.165, 1.54) is 24.3 Å². The summed E-state index contributed by atoms with van der Waals surface area (Å²) in [6, 6.07) is 9.45. The third kappa shape index (κ3) is 3.74. The molecule has 3 heterocycles. The quantitative estimate of drug-likeness (QED) is 0.478. The minimum absolute atomic E-state index is 0.0353. The van der Waals surface area contributed by atoms with Gasteiger partial charge in [0.15, 0.2) is 0 Å². The lowest BCUT2D eigenvalue weighted by Crippen LogP contribution is -2.37. The molecule has 0 spiro atoms. The van der Waals surface area contributed by atoms with E-state index in [2.05, 4.69) is 21.3 Å². The molecule has 2 unspecified atom stereocenters. The lowest BCUT2D eigenvalue weighted by molar-refractivity contribution is -0.125. The molecule has 2 aliphatic rings. The molecule has 2 aromatic carbocycles. The average Bonchev–Trinajstić information content (AvgIpc) is 3.49. The number of nitrogens with zero attached hydrogens (tertiary/aromatic N) is 4. The van der Waals surface area contributed by atoms with E-state index in [1.54, 1.807) is 34.1 Å². The SMILES string of the molecule is C#CC12CN(C(=O)C=Cc3ccc(Cl)cc3F)CC1CN(C(=O)c1ccc3n[nH]nc3c1)C2. The molecule has 2 saturated heterocycles. The van der Waals surface area contributed by atoms with Crippen LogP contribution >= 0.6 is 11.6 Å². The first-order valence-electron chi connectivity index (χ1n) is 10.4. The van der Waals surface area contributed by atoms with Crippen molar-refractivity contribution in [1.29, 1.82) is 0 Å². The fourth-order valence-corrected chi connectivity index (χ4v) is 4.81. The van der Waals surface area contributed by atoms with E-state index in [9.17, 15) is 14.0 Å². The number of H-pyrrole nitrogens is 1. The summed E-state index contributed by atoms with van der Waals surface area (Å²) in [6.07, 6.45) is 8.68. The lowest BCUT2D eigenvalue weighted by atomic mass is 9.82. The number of hydrogen-bond donors (Lipinski definition) is 1. The summed E-state index contributed by atoms with van der Waals surface area (Å²) < 4.78 is 14.0. The first-order chi connectivity index (χ1) is 15.9. The van der Waals surface area contributed by atoms with Crippen LogP contribution in [0.25, 0.3) is 17.1 Å². The highest BCUT2D eigenvalue weighted by atomic mass is 35.5. The second kappa shape index (κ2) is 8.01. The molecule has 2 atom stereocenters. The number of halogens is 2. The largest absolute Gasteiger partial charge is 0.337 e. The first-order valence-corrected chi connectivity index (χ1v) is 10.8. The topological polar surface area (TPSA) is 82.2 Å². The van der Waals surface area contributed by atoms with Crippen LogP contribution < -0.4 is 0 Å². The van der Waals surface area contributed by atoms with E-state index < -0.39 is 11.2 Å². The Morgan fingerprint density at radius 2 is 1.91 bits per heavy atom. The maximum atomic E-state index is 14.0. The minimum atomic E-state index is -0.608. The van der Waals surface area contributed by atoms with Crippen molar-refractivity contribution in [2.45, 2.75) is 0 Å². The molecule has 0 radical (unpaired) electrons. The highest BCUT2D eigenvalue weighted by Gasteiger charge is 2.53. The summed E-state index contributed by atoms with van der Waals surface area (Å²) in [4.78, 5) is 29.2. The minimum Gasteiger partial charge on any atom is -0.337 e. The van der Waals surface area contributed by atoms with Gasteiger partial charge in [-0.2, -0.15) is 15.4 Å². The Balaban J connectivity index is 1.28. The van der Waals surface area contributed by atoms with Crippen molar-refractivity contribution >= 4 is 40.5 Å². The van der Waals surface area contributed by atoms with E-state index in [-0.39, 0.29) is 23.3 Å². The Labute approximate surface area is 194 Å². The summed E-state index contributed by atoms with van der Waals surface area (Å²) in [5.74, 6) is 1.96. The van der Waals surface area contributed by atoms with Crippen molar-refractivity contribution in [2.75, 3.05) is 26.2 Å². The third-order valence-corrected chi connectivity index (χ3v) is 6.66. The van der Waals surface area contributed by atoms with Gasteiger partial charge in [0.1, 0.15) is 16.9 Å². The molecule has 2 amide bonds. The molecule has 0 bridgehead atoms. The van der Waals surface area contributed by atoms with Crippen molar-refractivity contribution in [3.8, 4) is 12.3 Å². The molecule has 1 aromatic heterocycles. The van der Waals surface area contributed by atoms with Crippen LogP contribution in [0, 0.1) is 29.5 Å². The number of aromatic amines is 1. The zero-order valence-electron chi connectivity index (χ0n) is 17.5. The van der Waals surface area contributed by atoms with E-state index in [0.717, 1.165) is 0 Å². The molecular formula is C24H19ClFN5O2. The van der Waals surface area contributed by atoms with Crippen LogP contribution in [0.4, 0.5) is 4.39 Å². The standard InChI is InChI=1S/C24H19ClFN5O2/c1-2-24-13-30(22(32)8-5-15-3-6-18(25)10-19(15)26)11-17(24)12-31(14-24)23(33)16-4-7-20-21(9-16)28-29-27-20/h1,3-10,17H,11-14H2,(H,27,28,29). The Bertz CT molecular complexity index is 1350. The Morgan fingerprint density at radius 3 is 2.67 bits per heavy atom. The van der Waals surface area contributed by atoms with Gasteiger partial charge in [0, 0.05) is 54.3 Å². The monoisotopic (exact) mass is 463 g/mol. The van der Waals surface area contributed by atoms with Crippen molar-refractivity contribution in [1.82, 2.24) is 25.2 Å². The van der Waals surface area contributed by atoms with Gasteiger partial charge in [-0.05, 0) is 36.4 Å². The molecule has 2 fully saturated rings. The normalized spacial score (nSPS) is 22.2. The second-order valence-corrected chi connectivity index (χ2v) is 8.86. The molecular weight excluding hydrogens is 445 g/mol. The van der Waals surface area contributed by atoms with Gasteiger partial charge in [0.2, 0.25) is 5.91 Å². The van der Waals surface area contributed by atoms with E-state index in [0.29, 0.717) is 47.8 Å². The molecule has 9 heteroatoms. The number of rotatable bonds is 3. The van der Waals surface area contributed by atoms with Gasteiger partial charge in [0.05, 0.1) is 5.41 Å². The second-order valence-electron chi connectivity index (χ2n) is 8.43. The third-order valence-electron chi connectivity index (χ3n) is 6.43. The zero-order valence-corrected chi connectivity index (χ0v) is 18.2. The Kier molecular flexibility index (Phi) is 5.14. The van der Waals surface area contributed by atoms with Crippen LogP contribution in [-0.2, 0) is 4.79 Å². The summed E-state index contributed by atoms with van der Waals surface area (Å²) in [5, 5.41) is 10.9. The highest BCUT2D eigenvalue weighted by molar-refractivity contribution is 6.30. The van der Waals surface area contributed by atoms with Crippen LogP contribution in [0.15, 0.2) is 42.5 Å². The van der Waals surface area contributed by atoms with Crippen LogP contribution in [0.1, 0.15) is 15.9 Å². The van der Waals surface area contributed by atoms with Gasteiger partial charge in [-0.1, -0.05) is 23.6 Å². The van der Waals surface area contributed by atoms with Gasteiger partial charge in [-0.25, -0.2) is 4.39 Å². The molecule has 5 rings (SSSR count). The number of carbonyl (C=O) groups is 2. The average molecular weight is 464 g/mol. The van der Waals surface area contributed by atoms with E-state index in [4.69, 9.17) is 18.0 Å². The molecule has 166 valence electrons. The van der Waals surface area contributed by atoms with Crippen molar-refractivity contribution in [2.24, 2.45) is 11.3 Å². The summed E-state index contributed by atoms with van der Waals surface area (Å²) in [7, 11) is 0. The van der Waals surface area contributed by atoms with Crippen LogP contribution in [0.3, 0.4) is 0 Å². The summed E-state index contributed by atoms with van der Waals surface area (Å²) in [6.45, 7) is 1.59.